The first kappa shape index (κ1) is 19.0. The Morgan fingerprint density at radius 3 is 2.67 bits per heavy atom. The van der Waals surface area contributed by atoms with Crippen molar-refractivity contribution >= 4 is 23.3 Å². The normalized spacial score (nSPS) is 16.1. The van der Waals surface area contributed by atoms with Crippen molar-refractivity contribution in [3.8, 4) is 0 Å². The molecule has 2 aromatic carbocycles. The zero-order valence-corrected chi connectivity index (χ0v) is 17.8. The van der Waals surface area contributed by atoms with Crippen LogP contribution >= 0.6 is 11.8 Å². The molecule has 0 aliphatic heterocycles. The van der Waals surface area contributed by atoms with Gasteiger partial charge in [0.2, 0.25) is 5.16 Å². The van der Waals surface area contributed by atoms with Gasteiger partial charge in [-0.1, -0.05) is 71.4 Å². The van der Waals surface area contributed by atoms with Gasteiger partial charge in [-0.15, -0.1) is 5.10 Å². The summed E-state index contributed by atoms with van der Waals surface area (Å²) in [7, 11) is 0. The first-order valence-corrected chi connectivity index (χ1v) is 11.1. The number of hydrogen-bond acceptors (Lipinski definition) is 5. The van der Waals surface area contributed by atoms with Crippen molar-refractivity contribution in [2.75, 3.05) is 0 Å². The summed E-state index contributed by atoms with van der Waals surface area (Å²) < 4.78 is 1.64. The Balaban J connectivity index is 1.40. The fraction of sp³-hybridized carbons (Fsp3) is 0.250. The van der Waals surface area contributed by atoms with Gasteiger partial charge in [-0.3, -0.25) is 4.79 Å². The Kier molecular flexibility index (Phi) is 4.87. The topological polar surface area (TPSA) is 60.1 Å². The number of Topliss-reactive ketones (excluding diaryl/α,β-unsaturated/α-hetero) is 1. The molecule has 0 radical (unpaired) electrons. The summed E-state index contributed by atoms with van der Waals surface area (Å²) in [6, 6.07) is 16.9. The van der Waals surface area contributed by atoms with Crippen LogP contribution in [0.15, 0.2) is 59.9 Å². The summed E-state index contributed by atoms with van der Waals surface area (Å²) >= 11 is 1.58. The molecule has 0 N–H and O–H groups in total. The van der Waals surface area contributed by atoms with Gasteiger partial charge in [0.1, 0.15) is 0 Å². The van der Waals surface area contributed by atoms with E-state index in [9.17, 15) is 4.79 Å². The summed E-state index contributed by atoms with van der Waals surface area (Å²) in [5, 5.41) is 5.20. The van der Waals surface area contributed by atoms with Gasteiger partial charge in [-0.25, -0.2) is 9.50 Å². The SMILES string of the molecule is Cc1ccc(CSc2nc3nc4c(cn3n2)C(=O)CC(c2cccc(C)c2)C4)cc1. The largest absolute Gasteiger partial charge is 0.294 e. The lowest BCUT2D eigenvalue weighted by atomic mass is 9.82. The molecule has 0 saturated carbocycles. The number of nitrogens with zero attached hydrogens (tertiary/aromatic N) is 4. The van der Waals surface area contributed by atoms with Gasteiger partial charge < -0.3 is 0 Å². The number of fused-ring (bicyclic) bond motifs is 2. The van der Waals surface area contributed by atoms with E-state index in [-0.39, 0.29) is 11.7 Å². The Labute approximate surface area is 179 Å². The van der Waals surface area contributed by atoms with E-state index in [2.05, 4.69) is 72.5 Å². The maximum Gasteiger partial charge on any atom is 0.253 e. The van der Waals surface area contributed by atoms with Gasteiger partial charge in [-0.2, -0.15) is 4.98 Å². The first-order chi connectivity index (χ1) is 14.5. The van der Waals surface area contributed by atoms with E-state index in [4.69, 9.17) is 4.98 Å². The maximum atomic E-state index is 12.8. The zero-order chi connectivity index (χ0) is 20.7. The molecule has 2 aromatic heterocycles. The minimum atomic E-state index is 0.126. The molecule has 0 amide bonds. The standard InChI is InChI=1S/C24H22N4OS/c1-15-6-8-17(9-7-15)14-30-24-26-23-25-21-11-19(18-5-3-4-16(2)10-18)12-22(29)20(21)13-28(23)27-24/h3-10,13,19H,11-12,14H2,1-2H3. The summed E-state index contributed by atoms with van der Waals surface area (Å²) in [5.74, 6) is 1.64. The van der Waals surface area contributed by atoms with E-state index in [0.29, 0.717) is 22.9 Å². The molecule has 1 aliphatic rings. The van der Waals surface area contributed by atoms with Crippen molar-refractivity contribution in [1.29, 1.82) is 0 Å². The molecule has 5 nitrogen and oxygen atoms in total. The summed E-state index contributed by atoms with van der Waals surface area (Å²) in [6.07, 6.45) is 3.06. The maximum absolute atomic E-state index is 12.8. The number of carbonyl (C=O) groups is 1. The van der Waals surface area contributed by atoms with Crippen LogP contribution in [0.5, 0.6) is 0 Å². The van der Waals surface area contributed by atoms with Crippen LogP contribution in [-0.4, -0.2) is 25.4 Å². The van der Waals surface area contributed by atoms with E-state index in [0.717, 1.165) is 17.9 Å². The lowest BCUT2D eigenvalue weighted by molar-refractivity contribution is 0.0962. The molecule has 0 saturated heterocycles. The quantitative estimate of drug-likeness (QED) is 0.442. The highest BCUT2D eigenvalue weighted by molar-refractivity contribution is 7.98. The molecule has 1 unspecified atom stereocenters. The molecule has 1 atom stereocenters. The van der Waals surface area contributed by atoms with Crippen LogP contribution in [0.25, 0.3) is 5.78 Å². The average Bonchev–Trinajstić information content (AvgIpc) is 3.14. The van der Waals surface area contributed by atoms with Crippen LogP contribution < -0.4 is 0 Å². The number of aryl methyl sites for hydroxylation is 2. The highest BCUT2D eigenvalue weighted by atomic mass is 32.2. The molecule has 1 aliphatic carbocycles. The van der Waals surface area contributed by atoms with E-state index in [1.165, 1.54) is 22.3 Å². The van der Waals surface area contributed by atoms with Crippen molar-refractivity contribution in [2.45, 2.75) is 43.5 Å². The van der Waals surface area contributed by atoms with Crippen LogP contribution in [0.3, 0.4) is 0 Å². The van der Waals surface area contributed by atoms with Gasteiger partial charge in [0.15, 0.2) is 5.78 Å². The van der Waals surface area contributed by atoms with Crippen molar-refractivity contribution in [2.24, 2.45) is 0 Å². The molecule has 0 bridgehead atoms. The third-order valence-electron chi connectivity index (χ3n) is 5.57. The lowest BCUT2D eigenvalue weighted by Gasteiger charge is -2.23. The van der Waals surface area contributed by atoms with Crippen LogP contribution in [0, 0.1) is 13.8 Å². The molecular weight excluding hydrogens is 392 g/mol. The van der Waals surface area contributed by atoms with Gasteiger partial charge in [0.25, 0.3) is 5.78 Å². The molecule has 5 rings (SSSR count). The molecule has 150 valence electrons. The van der Waals surface area contributed by atoms with Gasteiger partial charge in [0, 0.05) is 18.4 Å². The Hall–Kier alpha value is -2.99. The number of ketones is 1. The summed E-state index contributed by atoms with van der Waals surface area (Å²) in [4.78, 5) is 22.1. The summed E-state index contributed by atoms with van der Waals surface area (Å²) in [6.45, 7) is 4.16. The fourth-order valence-corrected chi connectivity index (χ4v) is 4.70. The van der Waals surface area contributed by atoms with Crippen molar-refractivity contribution < 1.29 is 4.79 Å². The van der Waals surface area contributed by atoms with Crippen molar-refractivity contribution in [3.05, 3.63) is 88.2 Å². The second kappa shape index (κ2) is 7.69. The van der Waals surface area contributed by atoms with Crippen molar-refractivity contribution in [1.82, 2.24) is 19.6 Å². The lowest BCUT2D eigenvalue weighted by Crippen LogP contribution is -2.21. The second-order valence-electron chi connectivity index (χ2n) is 7.96. The molecular formula is C24H22N4OS. The van der Waals surface area contributed by atoms with E-state index >= 15 is 0 Å². The van der Waals surface area contributed by atoms with E-state index in [1.54, 1.807) is 22.5 Å². The van der Waals surface area contributed by atoms with Crippen molar-refractivity contribution in [3.63, 3.8) is 0 Å². The van der Waals surface area contributed by atoms with Crippen LogP contribution in [0.4, 0.5) is 0 Å². The number of rotatable bonds is 4. The minimum Gasteiger partial charge on any atom is -0.294 e. The molecule has 0 spiro atoms. The average molecular weight is 415 g/mol. The Bertz CT molecular complexity index is 1250. The monoisotopic (exact) mass is 414 g/mol. The number of aromatic nitrogens is 4. The Morgan fingerprint density at radius 1 is 1.03 bits per heavy atom. The van der Waals surface area contributed by atoms with Crippen LogP contribution in [0.1, 0.15) is 50.6 Å². The predicted molar refractivity (Wildman–Crippen MR) is 118 cm³/mol. The smallest absolute Gasteiger partial charge is 0.253 e. The van der Waals surface area contributed by atoms with Gasteiger partial charge in [-0.05, 0) is 37.3 Å². The molecule has 30 heavy (non-hydrogen) atoms. The Morgan fingerprint density at radius 2 is 1.87 bits per heavy atom. The minimum absolute atomic E-state index is 0.126. The number of hydrogen-bond donors (Lipinski definition) is 0. The van der Waals surface area contributed by atoms with Crippen LogP contribution in [0.2, 0.25) is 0 Å². The zero-order valence-electron chi connectivity index (χ0n) is 17.0. The number of thioether (sulfide) groups is 1. The summed E-state index contributed by atoms with van der Waals surface area (Å²) in [5.41, 5.74) is 6.39. The second-order valence-corrected chi connectivity index (χ2v) is 8.90. The third kappa shape index (κ3) is 3.75. The predicted octanol–water partition coefficient (Wildman–Crippen LogP) is 4.95. The molecule has 0 fully saturated rings. The fourth-order valence-electron chi connectivity index (χ4n) is 3.92. The van der Waals surface area contributed by atoms with E-state index < -0.39 is 0 Å². The molecule has 2 heterocycles. The van der Waals surface area contributed by atoms with Gasteiger partial charge >= 0.3 is 0 Å². The molecule has 4 aromatic rings. The first-order valence-electron chi connectivity index (χ1n) is 10.1. The molecule has 6 heteroatoms. The highest BCUT2D eigenvalue weighted by Gasteiger charge is 2.28. The van der Waals surface area contributed by atoms with Gasteiger partial charge in [0.05, 0.1) is 11.3 Å². The van der Waals surface area contributed by atoms with E-state index in [1.807, 2.05) is 0 Å². The highest BCUT2D eigenvalue weighted by Crippen LogP contribution is 2.32. The number of carbonyl (C=O) groups excluding carboxylic acids is 1. The number of benzene rings is 2. The third-order valence-corrected chi connectivity index (χ3v) is 6.47. The van der Waals surface area contributed by atoms with Crippen LogP contribution in [-0.2, 0) is 12.2 Å².